The van der Waals surface area contributed by atoms with Gasteiger partial charge in [0.1, 0.15) is 18.0 Å². The van der Waals surface area contributed by atoms with Crippen LogP contribution in [0.4, 0.5) is 5.69 Å². The summed E-state index contributed by atoms with van der Waals surface area (Å²) in [6.45, 7) is 5.29. The number of rotatable bonds is 8. The third kappa shape index (κ3) is 6.86. The lowest BCUT2D eigenvalue weighted by atomic mass is 10.1. The zero-order chi connectivity index (χ0) is 23.1. The molecule has 0 fully saturated rings. The van der Waals surface area contributed by atoms with Gasteiger partial charge in [0.05, 0.1) is 17.9 Å². The van der Waals surface area contributed by atoms with Crippen LogP contribution >= 0.6 is 11.6 Å². The molecule has 0 saturated heterocycles. The van der Waals surface area contributed by atoms with Gasteiger partial charge in [-0.3, -0.25) is 14.9 Å². The fraction of sp³-hybridized carbons (Fsp3) is 0.318. The van der Waals surface area contributed by atoms with Crippen LogP contribution in [0.2, 0.25) is 5.02 Å². The number of ether oxygens (including phenoxy) is 1. The minimum absolute atomic E-state index is 0.113. The van der Waals surface area contributed by atoms with Crippen LogP contribution in [0.1, 0.15) is 26.3 Å². The van der Waals surface area contributed by atoms with Crippen molar-refractivity contribution in [2.75, 3.05) is 11.9 Å². The lowest BCUT2D eigenvalue weighted by Gasteiger charge is -2.24. The van der Waals surface area contributed by atoms with Gasteiger partial charge in [-0.05, 0) is 61.4 Å². The number of hydrogen-bond acceptors (Lipinski definition) is 7. The lowest BCUT2D eigenvalue weighted by molar-refractivity contribution is -0.157. The molecule has 0 saturated carbocycles. The summed E-state index contributed by atoms with van der Waals surface area (Å²) >= 11 is 6.09. The molecule has 3 rings (SSSR count). The van der Waals surface area contributed by atoms with E-state index >= 15 is 0 Å². The minimum Gasteiger partial charge on any atom is -0.459 e. The van der Waals surface area contributed by atoms with E-state index in [1.54, 1.807) is 39.0 Å². The van der Waals surface area contributed by atoms with Gasteiger partial charge in [0, 0.05) is 5.02 Å². The molecule has 0 spiro atoms. The van der Waals surface area contributed by atoms with E-state index in [0.29, 0.717) is 22.8 Å². The number of halogens is 1. The van der Waals surface area contributed by atoms with Crippen LogP contribution < -0.4 is 10.6 Å². The Hall–Kier alpha value is -3.30. The molecular formula is C22H25ClN6O3. The molecular weight excluding hydrogens is 432 g/mol. The van der Waals surface area contributed by atoms with Crippen LogP contribution in [0.25, 0.3) is 5.69 Å². The van der Waals surface area contributed by atoms with E-state index in [1.807, 2.05) is 30.3 Å². The van der Waals surface area contributed by atoms with Crippen molar-refractivity contribution in [3.63, 3.8) is 0 Å². The SMILES string of the molecule is CC(C)(C)OC(=O)[C@H](Cc1ccccc1)NCC(=O)Nc1cc(Cl)ccc1-n1cnnn1. The van der Waals surface area contributed by atoms with Crippen LogP contribution in [-0.2, 0) is 20.7 Å². The van der Waals surface area contributed by atoms with E-state index in [-0.39, 0.29) is 12.5 Å². The second kappa shape index (κ2) is 10.3. The number of anilines is 1. The zero-order valence-corrected chi connectivity index (χ0v) is 18.8. The largest absolute Gasteiger partial charge is 0.459 e. The Labute approximate surface area is 191 Å². The maximum Gasteiger partial charge on any atom is 0.324 e. The van der Waals surface area contributed by atoms with Crippen molar-refractivity contribution >= 4 is 29.2 Å². The first-order valence-electron chi connectivity index (χ1n) is 10.0. The summed E-state index contributed by atoms with van der Waals surface area (Å²) in [5, 5.41) is 17.3. The molecule has 9 nitrogen and oxygen atoms in total. The molecule has 0 unspecified atom stereocenters. The Morgan fingerprint density at radius 2 is 1.91 bits per heavy atom. The second-order valence-electron chi connectivity index (χ2n) is 8.12. The molecule has 0 aliphatic heterocycles. The Kier molecular flexibility index (Phi) is 7.55. The number of esters is 1. The molecule has 2 N–H and O–H groups in total. The normalized spacial score (nSPS) is 12.2. The summed E-state index contributed by atoms with van der Waals surface area (Å²) in [7, 11) is 0. The van der Waals surface area contributed by atoms with Crippen LogP contribution in [0.3, 0.4) is 0 Å². The smallest absolute Gasteiger partial charge is 0.324 e. The fourth-order valence-corrected chi connectivity index (χ4v) is 3.12. The van der Waals surface area contributed by atoms with Gasteiger partial charge in [-0.2, -0.15) is 4.68 Å². The van der Waals surface area contributed by atoms with Crippen molar-refractivity contribution in [2.24, 2.45) is 0 Å². The number of carbonyl (C=O) groups excluding carboxylic acids is 2. The first-order valence-corrected chi connectivity index (χ1v) is 10.4. The molecule has 32 heavy (non-hydrogen) atoms. The summed E-state index contributed by atoms with van der Waals surface area (Å²) in [4.78, 5) is 25.4. The maximum atomic E-state index is 12.7. The molecule has 3 aromatic rings. The first-order chi connectivity index (χ1) is 15.2. The van der Waals surface area contributed by atoms with E-state index in [2.05, 4.69) is 26.2 Å². The standard InChI is InChI=1S/C22H25ClN6O3/c1-22(2,3)32-21(31)18(11-15-7-5-4-6-8-15)24-13-20(30)26-17-12-16(23)9-10-19(17)29-14-25-27-28-29/h4-10,12,14,18,24H,11,13H2,1-3H3,(H,26,30)/t18-/m0/s1. The third-order valence-electron chi connectivity index (χ3n) is 4.31. The minimum atomic E-state index is -0.694. The van der Waals surface area contributed by atoms with E-state index in [1.165, 1.54) is 11.0 Å². The molecule has 1 amide bonds. The molecule has 0 bridgehead atoms. The number of aromatic nitrogens is 4. The van der Waals surface area contributed by atoms with Gasteiger partial charge in [-0.25, -0.2) is 0 Å². The van der Waals surface area contributed by atoms with Gasteiger partial charge in [-0.1, -0.05) is 41.9 Å². The molecule has 1 aromatic heterocycles. The molecule has 2 aromatic carbocycles. The number of benzene rings is 2. The monoisotopic (exact) mass is 456 g/mol. The quantitative estimate of drug-likeness (QED) is 0.501. The van der Waals surface area contributed by atoms with E-state index < -0.39 is 17.6 Å². The Balaban J connectivity index is 1.70. The molecule has 1 atom stereocenters. The molecule has 10 heteroatoms. The molecule has 1 heterocycles. The summed E-state index contributed by atoms with van der Waals surface area (Å²) in [6, 6.07) is 13.8. The molecule has 168 valence electrons. The first kappa shape index (κ1) is 23.4. The molecule has 0 radical (unpaired) electrons. The average Bonchev–Trinajstić information content (AvgIpc) is 3.25. The van der Waals surface area contributed by atoms with Gasteiger partial charge in [0.25, 0.3) is 0 Å². The van der Waals surface area contributed by atoms with E-state index in [4.69, 9.17) is 16.3 Å². The van der Waals surface area contributed by atoms with Gasteiger partial charge < -0.3 is 10.1 Å². The lowest BCUT2D eigenvalue weighted by Crippen LogP contribution is -2.45. The number of nitrogens with zero attached hydrogens (tertiary/aromatic N) is 4. The second-order valence-corrected chi connectivity index (χ2v) is 8.56. The highest BCUT2D eigenvalue weighted by Crippen LogP contribution is 2.23. The number of carbonyl (C=O) groups is 2. The summed E-state index contributed by atoms with van der Waals surface area (Å²) in [5.74, 6) is -0.783. The van der Waals surface area contributed by atoms with Crippen molar-refractivity contribution in [3.05, 3.63) is 65.4 Å². The molecule has 0 aliphatic rings. The predicted octanol–water partition coefficient (Wildman–Crippen LogP) is 2.80. The Bertz CT molecular complexity index is 1050. The fourth-order valence-electron chi connectivity index (χ4n) is 2.95. The third-order valence-corrected chi connectivity index (χ3v) is 4.55. The summed E-state index contributed by atoms with van der Waals surface area (Å²) in [6.07, 6.45) is 1.80. The van der Waals surface area contributed by atoms with Crippen LogP contribution in [0.5, 0.6) is 0 Å². The van der Waals surface area contributed by atoms with Gasteiger partial charge in [0.2, 0.25) is 5.91 Å². The van der Waals surface area contributed by atoms with Crippen molar-refractivity contribution in [2.45, 2.75) is 38.8 Å². The van der Waals surface area contributed by atoms with Gasteiger partial charge in [0.15, 0.2) is 0 Å². The average molecular weight is 457 g/mol. The van der Waals surface area contributed by atoms with E-state index in [9.17, 15) is 9.59 Å². The summed E-state index contributed by atoms with van der Waals surface area (Å²) < 4.78 is 6.95. The van der Waals surface area contributed by atoms with Crippen molar-refractivity contribution in [1.29, 1.82) is 0 Å². The number of nitrogens with one attached hydrogen (secondary N) is 2. The van der Waals surface area contributed by atoms with Crippen molar-refractivity contribution in [1.82, 2.24) is 25.5 Å². The number of tetrazole rings is 1. The number of amides is 1. The highest BCUT2D eigenvalue weighted by Gasteiger charge is 2.26. The summed E-state index contributed by atoms with van der Waals surface area (Å²) in [5.41, 5.74) is 1.30. The van der Waals surface area contributed by atoms with Crippen LogP contribution in [0.15, 0.2) is 54.9 Å². The van der Waals surface area contributed by atoms with Crippen molar-refractivity contribution < 1.29 is 14.3 Å². The Morgan fingerprint density at radius 3 is 2.56 bits per heavy atom. The number of hydrogen-bond donors (Lipinski definition) is 2. The highest BCUT2D eigenvalue weighted by molar-refractivity contribution is 6.31. The van der Waals surface area contributed by atoms with Crippen molar-refractivity contribution in [3.8, 4) is 5.69 Å². The predicted molar refractivity (Wildman–Crippen MR) is 121 cm³/mol. The maximum absolute atomic E-state index is 12.7. The topological polar surface area (TPSA) is 111 Å². The van der Waals surface area contributed by atoms with E-state index in [0.717, 1.165) is 5.56 Å². The zero-order valence-electron chi connectivity index (χ0n) is 18.1. The van der Waals surface area contributed by atoms with Crippen LogP contribution in [-0.4, -0.2) is 50.3 Å². The Morgan fingerprint density at radius 1 is 1.16 bits per heavy atom. The molecule has 0 aliphatic carbocycles. The van der Waals surface area contributed by atoms with Gasteiger partial charge in [-0.15, -0.1) is 5.10 Å². The highest BCUT2D eigenvalue weighted by atomic mass is 35.5. The van der Waals surface area contributed by atoms with Gasteiger partial charge >= 0.3 is 5.97 Å². The van der Waals surface area contributed by atoms with Crippen LogP contribution in [0, 0.1) is 0 Å².